The van der Waals surface area contributed by atoms with Crippen LogP contribution in [0.15, 0.2) is 24.4 Å². The van der Waals surface area contributed by atoms with Crippen LogP contribution in [-0.2, 0) is 17.9 Å². The summed E-state index contributed by atoms with van der Waals surface area (Å²) in [7, 11) is 0. The summed E-state index contributed by atoms with van der Waals surface area (Å²) in [5.41, 5.74) is 4.45. The van der Waals surface area contributed by atoms with E-state index in [1.807, 2.05) is 15.7 Å². The average molecular weight is 340 g/mol. The molecule has 6 heteroatoms. The summed E-state index contributed by atoms with van der Waals surface area (Å²) < 4.78 is 7.43. The predicted octanol–water partition coefficient (Wildman–Crippen LogP) is 1.99. The van der Waals surface area contributed by atoms with E-state index >= 15 is 0 Å². The van der Waals surface area contributed by atoms with Gasteiger partial charge in [0.25, 0.3) is 5.91 Å². The van der Waals surface area contributed by atoms with Crippen molar-refractivity contribution in [1.29, 1.82) is 0 Å². The summed E-state index contributed by atoms with van der Waals surface area (Å²) in [6, 6.07) is 6.42. The Kier molecular flexibility index (Phi) is 4.21. The molecule has 1 saturated heterocycles. The Morgan fingerprint density at radius 1 is 1.12 bits per heavy atom. The van der Waals surface area contributed by atoms with Crippen molar-refractivity contribution in [3.05, 3.63) is 47.0 Å². The van der Waals surface area contributed by atoms with Crippen LogP contribution in [0.2, 0.25) is 0 Å². The second kappa shape index (κ2) is 6.52. The highest BCUT2D eigenvalue weighted by Gasteiger charge is 2.26. The van der Waals surface area contributed by atoms with Gasteiger partial charge in [-0.15, -0.1) is 0 Å². The number of imidazole rings is 1. The summed E-state index contributed by atoms with van der Waals surface area (Å²) in [6.07, 6.45) is 1.87. The Morgan fingerprint density at radius 3 is 2.68 bits per heavy atom. The number of aromatic nitrogens is 2. The van der Waals surface area contributed by atoms with Crippen LogP contribution in [0.1, 0.15) is 27.4 Å². The zero-order valence-corrected chi connectivity index (χ0v) is 14.9. The molecule has 2 aliphatic rings. The number of fused-ring (bicyclic) bond motifs is 1. The van der Waals surface area contributed by atoms with Crippen LogP contribution in [0.5, 0.6) is 0 Å². The maximum Gasteiger partial charge on any atom is 0.274 e. The second-order valence-electron chi connectivity index (χ2n) is 6.79. The van der Waals surface area contributed by atoms with E-state index in [1.54, 1.807) is 0 Å². The minimum absolute atomic E-state index is 0.0301. The molecule has 0 bridgehead atoms. The van der Waals surface area contributed by atoms with Gasteiger partial charge >= 0.3 is 0 Å². The zero-order chi connectivity index (χ0) is 17.4. The van der Waals surface area contributed by atoms with Crippen LogP contribution in [0.3, 0.4) is 0 Å². The van der Waals surface area contributed by atoms with Crippen LogP contribution >= 0.6 is 0 Å². The quantitative estimate of drug-likeness (QED) is 0.839. The van der Waals surface area contributed by atoms with Crippen molar-refractivity contribution in [2.45, 2.75) is 27.0 Å². The molecule has 6 nitrogen and oxygen atoms in total. The first-order valence-corrected chi connectivity index (χ1v) is 8.88. The SMILES string of the molecule is Cc1cccc(N2CCN(C(=O)c3cn4c(n3)COCC4)CC2)c1C. The molecule has 0 unspecified atom stereocenters. The third-order valence-electron chi connectivity index (χ3n) is 5.27. The molecule has 1 fully saturated rings. The Balaban J connectivity index is 1.44. The molecule has 1 aromatic heterocycles. The summed E-state index contributed by atoms with van der Waals surface area (Å²) in [4.78, 5) is 21.5. The largest absolute Gasteiger partial charge is 0.372 e. The highest BCUT2D eigenvalue weighted by molar-refractivity contribution is 5.92. The Hall–Kier alpha value is -2.34. The van der Waals surface area contributed by atoms with Crippen molar-refractivity contribution in [2.24, 2.45) is 0 Å². The standard InChI is InChI=1S/C19H24N4O2/c1-14-4-3-5-17(15(14)2)21-6-8-22(9-7-21)19(24)16-12-23-10-11-25-13-18(23)20-16/h3-5,12H,6-11,13H2,1-2H3. The highest BCUT2D eigenvalue weighted by atomic mass is 16.5. The van der Waals surface area contributed by atoms with Gasteiger partial charge in [0.1, 0.15) is 18.1 Å². The highest BCUT2D eigenvalue weighted by Crippen LogP contribution is 2.24. The summed E-state index contributed by atoms with van der Waals surface area (Å²) >= 11 is 0. The average Bonchev–Trinajstić information content (AvgIpc) is 3.08. The van der Waals surface area contributed by atoms with E-state index in [2.05, 4.69) is 41.9 Å². The van der Waals surface area contributed by atoms with Gasteiger partial charge in [0.05, 0.1) is 6.61 Å². The Labute approximate surface area is 148 Å². The van der Waals surface area contributed by atoms with Crippen LogP contribution in [0, 0.1) is 13.8 Å². The van der Waals surface area contributed by atoms with E-state index in [9.17, 15) is 4.79 Å². The van der Waals surface area contributed by atoms with Gasteiger partial charge in [-0.05, 0) is 31.0 Å². The number of amides is 1. The predicted molar refractivity (Wildman–Crippen MR) is 95.9 cm³/mol. The topological polar surface area (TPSA) is 50.6 Å². The maximum absolute atomic E-state index is 12.8. The number of piperazine rings is 1. The lowest BCUT2D eigenvalue weighted by atomic mass is 10.1. The van der Waals surface area contributed by atoms with Crippen molar-refractivity contribution < 1.29 is 9.53 Å². The molecule has 3 heterocycles. The first kappa shape index (κ1) is 16.1. The number of carbonyl (C=O) groups is 1. The molecule has 132 valence electrons. The molecule has 0 saturated carbocycles. The van der Waals surface area contributed by atoms with E-state index in [1.165, 1.54) is 16.8 Å². The molecule has 0 spiro atoms. The molecular formula is C19H24N4O2. The molecule has 0 atom stereocenters. The number of hydrogen-bond donors (Lipinski definition) is 0. The number of rotatable bonds is 2. The molecule has 0 aliphatic carbocycles. The fraction of sp³-hybridized carbons (Fsp3) is 0.474. The van der Waals surface area contributed by atoms with Crippen LogP contribution < -0.4 is 4.90 Å². The van der Waals surface area contributed by atoms with Crippen molar-refractivity contribution in [1.82, 2.24) is 14.5 Å². The third kappa shape index (κ3) is 3.02. The number of anilines is 1. The first-order chi connectivity index (χ1) is 12.1. The van der Waals surface area contributed by atoms with E-state index in [0.29, 0.717) is 18.9 Å². The number of ether oxygens (including phenoxy) is 1. The van der Waals surface area contributed by atoms with E-state index in [-0.39, 0.29) is 5.91 Å². The summed E-state index contributed by atoms with van der Waals surface area (Å²) in [5.74, 6) is 0.881. The molecule has 1 amide bonds. The van der Waals surface area contributed by atoms with Crippen molar-refractivity contribution in [3.63, 3.8) is 0 Å². The Bertz CT molecular complexity index is 767. The fourth-order valence-electron chi connectivity index (χ4n) is 3.58. The van der Waals surface area contributed by atoms with Crippen LogP contribution in [-0.4, -0.2) is 53.1 Å². The normalized spacial score (nSPS) is 17.5. The van der Waals surface area contributed by atoms with Gasteiger partial charge in [0.15, 0.2) is 0 Å². The van der Waals surface area contributed by atoms with Gasteiger partial charge < -0.3 is 19.1 Å². The molecule has 2 aromatic rings. The van der Waals surface area contributed by atoms with Crippen molar-refractivity contribution in [3.8, 4) is 0 Å². The smallest absolute Gasteiger partial charge is 0.274 e. The molecular weight excluding hydrogens is 316 g/mol. The molecule has 0 N–H and O–H groups in total. The minimum atomic E-state index is 0.0301. The zero-order valence-electron chi connectivity index (χ0n) is 14.9. The lowest BCUT2D eigenvalue weighted by Gasteiger charge is -2.36. The fourth-order valence-corrected chi connectivity index (χ4v) is 3.58. The lowest BCUT2D eigenvalue weighted by Crippen LogP contribution is -2.49. The van der Waals surface area contributed by atoms with E-state index in [0.717, 1.165) is 38.5 Å². The van der Waals surface area contributed by atoms with E-state index < -0.39 is 0 Å². The number of hydrogen-bond acceptors (Lipinski definition) is 4. The van der Waals surface area contributed by atoms with Gasteiger partial charge in [-0.25, -0.2) is 4.98 Å². The van der Waals surface area contributed by atoms with Crippen LogP contribution in [0.25, 0.3) is 0 Å². The van der Waals surface area contributed by atoms with Crippen molar-refractivity contribution in [2.75, 3.05) is 37.7 Å². The second-order valence-corrected chi connectivity index (χ2v) is 6.79. The Morgan fingerprint density at radius 2 is 1.92 bits per heavy atom. The molecule has 25 heavy (non-hydrogen) atoms. The molecule has 0 radical (unpaired) electrons. The lowest BCUT2D eigenvalue weighted by molar-refractivity contribution is 0.0740. The van der Waals surface area contributed by atoms with Gasteiger partial charge in [0, 0.05) is 44.6 Å². The number of nitrogens with zero attached hydrogens (tertiary/aromatic N) is 4. The summed E-state index contributed by atoms with van der Waals surface area (Å²) in [5, 5.41) is 0. The number of carbonyl (C=O) groups excluding carboxylic acids is 1. The first-order valence-electron chi connectivity index (χ1n) is 8.88. The van der Waals surface area contributed by atoms with Gasteiger partial charge in [-0.2, -0.15) is 0 Å². The van der Waals surface area contributed by atoms with Gasteiger partial charge in [0.2, 0.25) is 0 Å². The maximum atomic E-state index is 12.8. The van der Waals surface area contributed by atoms with E-state index in [4.69, 9.17) is 4.74 Å². The molecule has 2 aliphatic heterocycles. The van der Waals surface area contributed by atoms with Crippen molar-refractivity contribution >= 4 is 11.6 Å². The monoisotopic (exact) mass is 340 g/mol. The van der Waals surface area contributed by atoms with Crippen LogP contribution in [0.4, 0.5) is 5.69 Å². The molecule has 4 rings (SSSR count). The van der Waals surface area contributed by atoms with Gasteiger partial charge in [-0.1, -0.05) is 12.1 Å². The minimum Gasteiger partial charge on any atom is -0.372 e. The number of aryl methyl sites for hydroxylation is 1. The number of benzene rings is 1. The summed E-state index contributed by atoms with van der Waals surface area (Å²) in [6.45, 7) is 9.42. The van der Waals surface area contributed by atoms with Gasteiger partial charge in [-0.3, -0.25) is 4.79 Å². The third-order valence-corrected chi connectivity index (χ3v) is 5.27. The molecule has 1 aromatic carbocycles.